The Labute approximate surface area is 94.6 Å². The van der Waals surface area contributed by atoms with Crippen LogP contribution in [0.2, 0.25) is 0 Å². The first kappa shape index (κ1) is 11.1. The number of nitrogens with two attached hydrogens (primary N) is 1. The van der Waals surface area contributed by atoms with Crippen molar-refractivity contribution in [3.05, 3.63) is 17.5 Å². The van der Waals surface area contributed by atoms with Crippen LogP contribution in [0.4, 0.5) is 0 Å². The second-order valence-electron chi connectivity index (χ2n) is 4.51. The SMILES string of the molecule is Cc1cc(C(=O)N2CCC(C)C(N)C2)on1. The van der Waals surface area contributed by atoms with Crippen LogP contribution in [-0.4, -0.2) is 35.1 Å². The summed E-state index contributed by atoms with van der Waals surface area (Å²) in [6.45, 7) is 5.25. The molecule has 88 valence electrons. The molecule has 16 heavy (non-hydrogen) atoms. The number of aryl methyl sites for hydroxylation is 1. The van der Waals surface area contributed by atoms with Gasteiger partial charge in [0.25, 0.3) is 5.91 Å². The van der Waals surface area contributed by atoms with Crippen LogP contribution in [0.15, 0.2) is 10.6 Å². The van der Waals surface area contributed by atoms with E-state index in [4.69, 9.17) is 10.3 Å². The maximum Gasteiger partial charge on any atom is 0.292 e. The van der Waals surface area contributed by atoms with Gasteiger partial charge in [-0.3, -0.25) is 4.79 Å². The van der Waals surface area contributed by atoms with E-state index in [-0.39, 0.29) is 11.9 Å². The van der Waals surface area contributed by atoms with E-state index in [1.165, 1.54) is 0 Å². The normalized spacial score (nSPS) is 25.8. The smallest absolute Gasteiger partial charge is 0.292 e. The summed E-state index contributed by atoms with van der Waals surface area (Å²) in [5.41, 5.74) is 6.67. The van der Waals surface area contributed by atoms with Gasteiger partial charge in [-0.15, -0.1) is 0 Å². The molecule has 2 unspecified atom stereocenters. The molecule has 1 aliphatic rings. The van der Waals surface area contributed by atoms with Gasteiger partial charge in [0.15, 0.2) is 0 Å². The first-order valence-electron chi connectivity index (χ1n) is 5.56. The molecule has 1 aromatic heterocycles. The molecular weight excluding hydrogens is 206 g/mol. The molecule has 1 saturated heterocycles. The summed E-state index contributed by atoms with van der Waals surface area (Å²) in [6, 6.07) is 1.72. The van der Waals surface area contributed by atoms with Crippen molar-refractivity contribution in [1.82, 2.24) is 10.1 Å². The third kappa shape index (κ3) is 2.09. The van der Waals surface area contributed by atoms with Crippen LogP contribution in [0.5, 0.6) is 0 Å². The Balaban J connectivity index is 2.06. The van der Waals surface area contributed by atoms with Crippen molar-refractivity contribution in [1.29, 1.82) is 0 Å². The summed E-state index contributed by atoms with van der Waals surface area (Å²) in [5, 5.41) is 3.71. The lowest BCUT2D eigenvalue weighted by Crippen LogP contribution is -2.49. The maximum atomic E-state index is 12.0. The molecule has 2 N–H and O–H groups in total. The van der Waals surface area contributed by atoms with Crippen molar-refractivity contribution in [2.75, 3.05) is 13.1 Å². The van der Waals surface area contributed by atoms with E-state index < -0.39 is 0 Å². The third-order valence-electron chi connectivity index (χ3n) is 3.14. The van der Waals surface area contributed by atoms with Crippen LogP contribution in [0.1, 0.15) is 29.6 Å². The fourth-order valence-corrected chi connectivity index (χ4v) is 1.90. The van der Waals surface area contributed by atoms with Gasteiger partial charge in [0.1, 0.15) is 0 Å². The summed E-state index contributed by atoms with van der Waals surface area (Å²) in [5.74, 6) is 0.669. The number of hydrogen-bond acceptors (Lipinski definition) is 4. The summed E-state index contributed by atoms with van der Waals surface area (Å²) in [4.78, 5) is 13.7. The van der Waals surface area contributed by atoms with Crippen LogP contribution < -0.4 is 5.73 Å². The Bertz CT molecular complexity index is 388. The number of likely N-dealkylation sites (tertiary alicyclic amines) is 1. The quantitative estimate of drug-likeness (QED) is 0.764. The van der Waals surface area contributed by atoms with Crippen molar-refractivity contribution in [2.24, 2.45) is 11.7 Å². The fraction of sp³-hybridized carbons (Fsp3) is 0.636. The van der Waals surface area contributed by atoms with Gasteiger partial charge in [-0.25, -0.2) is 0 Å². The van der Waals surface area contributed by atoms with Crippen LogP contribution in [0.25, 0.3) is 0 Å². The van der Waals surface area contributed by atoms with Gasteiger partial charge < -0.3 is 15.2 Å². The molecule has 2 heterocycles. The molecule has 0 bridgehead atoms. The minimum absolute atomic E-state index is 0.0571. The van der Waals surface area contributed by atoms with Crippen LogP contribution in [0, 0.1) is 12.8 Å². The van der Waals surface area contributed by atoms with Gasteiger partial charge in [-0.1, -0.05) is 12.1 Å². The van der Waals surface area contributed by atoms with Gasteiger partial charge in [-0.05, 0) is 19.3 Å². The van der Waals surface area contributed by atoms with Crippen LogP contribution >= 0.6 is 0 Å². The van der Waals surface area contributed by atoms with E-state index in [1.54, 1.807) is 17.9 Å². The molecular formula is C11H17N3O2. The molecule has 5 nitrogen and oxygen atoms in total. The zero-order valence-corrected chi connectivity index (χ0v) is 9.64. The topological polar surface area (TPSA) is 72.4 Å². The monoisotopic (exact) mass is 223 g/mol. The molecule has 2 atom stereocenters. The number of piperidine rings is 1. The standard InChI is InChI=1S/C11H17N3O2/c1-7-3-4-14(6-9(7)12)11(15)10-5-8(2)13-16-10/h5,7,9H,3-4,6,12H2,1-2H3. The number of aromatic nitrogens is 1. The van der Waals surface area contributed by atoms with Gasteiger partial charge in [0.2, 0.25) is 5.76 Å². The molecule has 1 aliphatic heterocycles. The van der Waals surface area contributed by atoms with Crippen molar-refractivity contribution < 1.29 is 9.32 Å². The summed E-state index contributed by atoms with van der Waals surface area (Å²) < 4.78 is 4.96. The van der Waals surface area contributed by atoms with E-state index in [0.717, 1.165) is 18.7 Å². The zero-order chi connectivity index (χ0) is 11.7. The highest BCUT2D eigenvalue weighted by Crippen LogP contribution is 2.17. The Hall–Kier alpha value is -1.36. The lowest BCUT2D eigenvalue weighted by molar-refractivity contribution is 0.0631. The number of carbonyl (C=O) groups is 1. The van der Waals surface area contributed by atoms with E-state index in [2.05, 4.69) is 12.1 Å². The molecule has 0 aliphatic carbocycles. The van der Waals surface area contributed by atoms with Crippen LogP contribution in [-0.2, 0) is 0 Å². The lowest BCUT2D eigenvalue weighted by Gasteiger charge is -2.34. The highest BCUT2D eigenvalue weighted by Gasteiger charge is 2.28. The minimum Gasteiger partial charge on any atom is -0.351 e. The highest BCUT2D eigenvalue weighted by atomic mass is 16.5. The summed E-state index contributed by atoms with van der Waals surface area (Å²) in [7, 11) is 0. The average molecular weight is 223 g/mol. The lowest BCUT2D eigenvalue weighted by atomic mass is 9.94. The molecule has 1 aromatic rings. The third-order valence-corrected chi connectivity index (χ3v) is 3.14. The largest absolute Gasteiger partial charge is 0.351 e. The predicted molar refractivity (Wildman–Crippen MR) is 58.9 cm³/mol. The molecule has 1 amide bonds. The average Bonchev–Trinajstić information content (AvgIpc) is 2.68. The summed E-state index contributed by atoms with van der Waals surface area (Å²) >= 11 is 0. The zero-order valence-electron chi connectivity index (χ0n) is 9.64. The molecule has 0 radical (unpaired) electrons. The van der Waals surface area contributed by atoms with Crippen molar-refractivity contribution in [3.63, 3.8) is 0 Å². The Morgan fingerprint density at radius 1 is 1.69 bits per heavy atom. The van der Waals surface area contributed by atoms with Crippen molar-refractivity contribution in [2.45, 2.75) is 26.3 Å². The number of amides is 1. The van der Waals surface area contributed by atoms with E-state index in [1.807, 2.05) is 0 Å². The van der Waals surface area contributed by atoms with E-state index in [9.17, 15) is 4.79 Å². The van der Waals surface area contributed by atoms with Gasteiger partial charge >= 0.3 is 0 Å². The molecule has 0 spiro atoms. The Morgan fingerprint density at radius 2 is 2.44 bits per heavy atom. The van der Waals surface area contributed by atoms with Gasteiger partial charge in [0, 0.05) is 25.2 Å². The molecule has 2 rings (SSSR count). The first-order chi connectivity index (χ1) is 7.58. The fourth-order valence-electron chi connectivity index (χ4n) is 1.90. The number of hydrogen-bond donors (Lipinski definition) is 1. The van der Waals surface area contributed by atoms with E-state index in [0.29, 0.717) is 18.2 Å². The Kier molecular flexibility index (Phi) is 2.96. The second-order valence-corrected chi connectivity index (χ2v) is 4.51. The molecule has 1 fully saturated rings. The molecule has 5 heteroatoms. The first-order valence-corrected chi connectivity index (χ1v) is 5.56. The summed E-state index contributed by atoms with van der Waals surface area (Å²) in [6.07, 6.45) is 0.944. The molecule has 0 aromatic carbocycles. The maximum absolute atomic E-state index is 12.0. The predicted octanol–water partition coefficient (Wildman–Crippen LogP) is 0.792. The number of rotatable bonds is 1. The number of carbonyl (C=O) groups excluding carboxylic acids is 1. The Morgan fingerprint density at radius 3 is 3.00 bits per heavy atom. The van der Waals surface area contributed by atoms with Crippen LogP contribution in [0.3, 0.4) is 0 Å². The highest BCUT2D eigenvalue weighted by molar-refractivity contribution is 5.91. The van der Waals surface area contributed by atoms with Gasteiger partial charge in [0.05, 0.1) is 5.69 Å². The van der Waals surface area contributed by atoms with Crippen molar-refractivity contribution in [3.8, 4) is 0 Å². The minimum atomic E-state index is -0.108. The van der Waals surface area contributed by atoms with Gasteiger partial charge in [-0.2, -0.15) is 0 Å². The number of nitrogens with zero attached hydrogens (tertiary/aromatic N) is 2. The van der Waals surface area contributed by atoms with E-state index >= 15 is 0 Å². The molecule has 0 saturated carbocycles. The van der Waals surface area contributed by atoms with Crippen molar-refractivity contribution >= 4 is 5.91 Å². The second kappa shape index (κ2) is 4.25.